The van der Waals surface area contributed by atoms with Crippen molar-refractivity contribution in [1.82, 2.24) is 9.78 Å². The molecule has 1 fully saturated rings. The maximum absolute atomic E-state index is 11.3. The van der Waals surface area contributed by atoms with Crippen LogP contribution in [-0.2, 0) is 11.3 Å². The number of hydrogen-bond acceptors (Lipinski definition) is 2. The molecule has 1 aromatic carbocycles. The molecule has 0 spiro atoms. The first-order chi connectivity index (χ1) is 9.31. The van der Waals surface area contributed by atoms with Gasteiger partial charge in [-0.25, -0.2) is 0 Å². The van der Waals surface area contributed by atoms with Gasteiger partial charge in [-0.1, -0.05) is 30.3 Å². The number of carbonyl (C=O) groups is 1. The monoisotopic (exact) mass is 254 g/mol. The van der Waals surface area contributed by atoms with Crippen LogP contribution in [0.4, 0.5) is 0 Å². The van der Waals surface area contributed by atoms with Crippen LogP contribution in [0, 0.1) is 0 Å². The van der Waals surface area contributed by atoms with Gasteiger partial charge in [0.2, 0.25) is 0 Å². The molecule has 0 atom stereocenters. The van der Waals surface area contributed by atoms with Crippen molar-refractivity contribution < 1.29 is 4.79 Å². The lowest BCUT2D eigenvalue weighted by atomic mass is 9.85. The van der Waals surface area contributed by atoms with Crippen LogP contribution in [-0.4, -0.2) is 15.6 Å². The predicted molar refractivity (Wildman–Crippen MR) is 74.0 cm³/mol. The Labute approximate surface area is 113 Å². The van der Waals surface area contributed by atoms with Crippen LogP contribution in [0.5, 0.6) is 0 Å². The molecule has 1 aromatic heterocycles. The average Bonchev–Trinajstić information content (AvgIpc) is 2.89. The number of carbonyl (C=O) groups excluding carboxylic acids is 1. The molecule has 0 amide bonds. The molecule has 3 rings (SSSR count). The summed E-state index contributed by atoms with van der Waals surface area (Å²) in [5.41, 5.74) is 2.54. The lowest BCUT2D eigenvalue weighted by molar-refractivity contribution is -0.120. The summed E-state index contributed by atoms with van der Waals surface area (Å²) in [5.74, 6) is 0.926. The van der Waals surface area contributed by atoms with Gasteiger partial charge >= 0.3 is 0 Å². The first-order valence-corrected chi connectivity index (χ1v) is 6.89. The minimum absolute atomic E-state index is 0.410. The number of benzene rings is 1. The van der Waals surface area contributed by atoms with Gasteiger partial charge in [-0.15, -0.1) is 0 Å². The molecule has 3 nitrogen and oxygen atoms in total. The molecular weight excluding hydrogens is 236 g/mol. The fraction of sp³-hybridized carbons (Fsp3) is 0.375. The quantitative estimate of drug-likeness (QED) is 0.843. The van der Waals surface area contributed by atoms with E-state index in [1.165, 1.54) is 11.1 Å². The number of Topliss-reactive ketones (excluding diaryl/α,β-unsaturated/α-hetero) is 1. The summed E-state index contributed by atoms with van der Waals surface area (Å²) >= 11 is 0. The minimum Gasteiger partial charge on any atom is -0.300 e. The molecule has 98 valence electrons. The third-order valence-electron chi connectivity index (χ3n) is 3.86. The van der Waals surface area contributed by atoms with Crippen molar-refractivity contribution in [3.8, 4) is 0 Å². The SMILES string of the molecule is O=C1CCC(c2cnn(Cc3ccccc3)c2)CC1. The Morgan fingerprint density at radius 3 is 2.63 bits per heavy atom. The molecule has 0 bridgehead atoms. The second-order valence-corrected chi connectivity index (χ2v) is 5.27. The lowest BCUT2D eigenvalue weighted by Gasteiger charge is -2.19. The van der Waals surface area contributed by atoms with Crippen LogP contribution in [0.3, 0.4) is 0 Å². The lowest BCUT2D eigenvalue weighted by Crippen LogP contribution is -2.11. The Hall–Kier alpha value is -1.90. The van der Waals surface area contributed by atoms with Crippen molar-refractivity contribution in [1.29, 1.82) is 0 Å². The van der Waals surface area contributed by atoms with Crippen molar-refractivity contribution in [2.75, 3.05) is 0 Å². The fourth-order valence-electron chi connectivity index (χ4n) is 2.72. The highest BCUT2D eigenvalue weighted by Gasteiger charge is 2.21. The van der Waals surface area contributed by atoms with Crippen LogP contribution in [0.25, 0.3) is 0 Å². The van der Waals surface area contributed by atoms with Crippen LogP contribution < -0.4 is 0 Å². The van der Waals surface area contributed by atoms with Crippen molar-refractivity contribution in [3.05, 3.63) is 53.9 Å². The summed E-state index contributed by atoms with van der Waals surface area (Å²) in [6, 6.07) is 10.3. The third-order valence-corrected chi connectivity index (χ3v) is 3.86. The molecule has 3 heteroatoms. The zero-order valence-corrected chi connectivity index (χ0v) is 11.0. The Balaban J connectivity index is 1.68. The summed E-state index contributed by atoms with van der Waals surface area (Å²) < 4.78 is 1.99. The Kier molecular flexibility index (Phi) is 3.45. The summed E-state index contributed by atoms with van der Waals surface area (Å²) in [6.07, 6.45) is 7.52. The van der Waals surface area contributed by atoms with Gasteiger partial charge in [0.1, 0.15) is 5.78 Å². The van der Waals surface area contributed by atoms with E-state index in [-0.39, 0.29) is 0 Å². The van der Waals surface area contributed by atoms with E-state index in [0.717, 1.165) is 32.2 Å². The topological polar surface area (TPSA) is 34.9 Å². The molecule has 0 saturated heterocycles. The molecule has 0 radical (unpaired) electrons. The Morgan fingerprint density at radius 1 is 1.16 bits per heavy atom. The molecule has 1 aliphatic carbocycles. The molecule has 0 N–H and O–H groups in total. The van der Waals surface area contributed by atoms with E-state index in [9.17, 15) is 4.79 Å². The zero-order chi connectivity index (χ0) is 13.1. The molecular formula is C16H18N2O. The van der Waals surface area contributed by atoms with Crippen molar-refractivity contribution in [3.63, 3.8) is 0 Å². The Morgan fingerprint density at radius 2 is 1.89 bits per heavy atom. The summed E-state index contributed by atoms with van der Waals surface area (Å²) in [7, 11) is 0. The number of nitrogens with zero attached hydrogens (tertiary/aromatic N) is 2. The largest absolute Gasteiger partial charge is 0.300 e. The standard InChI is InChI=1S/C16H18N2O/c19-16-8-6-14(7-9-16)15-10-17-18(12-15)11-13-4-2-1-3-5-13/h1-5,10,12,14H,6-9,11H2. The highest BCUT2D eigenvalue weighted by Crippen LogP contribution is 2.30. The highest BCUT2D eigenvalue weighted by molar-refractivity contribution is 5.79. The highest BCUT2D eigenvalue weighted by atomic mass is 16.1. The molecule has 0 unspecified atom stereocenters. The molecule has 19 heavy (non-hydrogen) atoms. The van der Waals surface area contributed by atoms with E-state index >= 15 is 0 Å². The molecule has 0 aliphatic heterocycles. The van der Waals surface area contributed by atoms with E-state index in [2.05, 4.69) is 23.4 Å². The second-order valence-electron chi connectivity index (χ2n) is 5.27. The van der Waals surface area contributed by atoms with Gasteiger partial charge in [-0.2, -0.15) is 5.10 Å². The van der Waals surface area contributed by atoms with Gasteiger partial charge in [0.05, 0.1) is 12.7 Å². The van der Waals surface area contributed by atoms with E-state index in [0.29, 0.717) is 11.7 Å². The van der Waals surface area contributed by atoms with Gasteiger partial charge in [0.15, 0.2) is 0 Å². The number of rotatable bonds is 3. The molecule has 1 aliphatic rings. The first-order valence-electron chi connectivity index (χ1n) is 6.89. The van der Waals surface area contributed by atoms with Crippen LogP contribution >= 0.6 is 0 Å². The second kappa shape index (κ2) is 5.39. The van der Waals surface area contributed by atoms with E-state index < -0.39 is 0 Å². The summed E-state index contributed by atoms with van der Waals surface area (Å²) in [4.78, 5) is 11.3. The molecule has 2 aromatic rings. The predicted octanol–water partition coefficient (Wildman–Crippen LogP) is 3.16. The van der Waals surface area contributed by atoms with Crippen LogP contribution in [0.15, 0.2) is 42.7 Å². The maximum atomic E-state index is 11.3. The smallest absolute Gasteiger partial charge is 0.132 e. The van der Waals surface area contributed by atoms with E-state index in [1.54, 1.807) is 0 Å². The van der Waals surface area contributed by atoms with Crippen molar-refractivity contribution >= 4 is 5.78 Å². The zero-order valence-electron chi connectivity index (χ0n) is 11.0. The number of aromatic nitrogens is 2. The molecule has 1 heterocycles. The van der Waals surface area contributed by atoms with Crippen LogP contribution in [0.1, 0.15) is 42.7 Å². The van der Waals surface area contributed by atoms with Gasteiger partial charge in [0, 0.05) is 19.0 Å². The van der Waals surface area contributed by atoms with E-state index in [4.69, 9.17) is 0 Å². The van der Waals surface area contributed by atoms with Gasteiger partial charge in [0.25, 0.3) is 0 Å². The van der Waals surface area contributed by atoms with Gasteiger partial charge in [-0.3, -0.25) is 9.48 Å². The van der Waals surface area contributed by atoms with Crippen molar-refractivity contribution in [2.45, 2.75) is 38.1 Å². The Bertz CT molecular complexity index is 549. The fourth-order valence-corrected chi connectivity index (χ4v) is 2.72. The number of hydrogen-bond donors (Lipinski definition) is 0. The number of ketones is 1. The maximum Gasteiger partial charge on any atom is 0.132 e. The normalized spacial score (nSPS) is 16.7. The summed E-state index contributed by atoms with van der Waals surface area (Å²) in [6.45, 7) is 0.812. The minimum atomic E-state index is 0.410. The molecule has 1 saturated carbocycles. The summed E-state index contributed by atoms with van der Waals surface area (Å²) in [5, 5.41) is 4.44. The van der Waals surface area contributed by atoms with Gasteiger partial charge in [-0.05, 0) is 29.9 Å². The van der Waals surface area contributed by atoms with E-state index in [1.807, 2.05) is 29.1 Å². The first kappa shape index (κ1) is 12.2. The van der Waals surface area contributed by atoms with Crippen molar-refractivity contribution in [2.24, 2.45) is 0 Å². The van der Waals surface area contributed by atoms with Gasteiger partial charge < -0.3 is 0 Å². The van der Waals surface area contributed by atoms with Crippen LogP contribution in [0.2, 0.25) is 0 Å². The third kappa shape index (κ3) is 2.92. The average molecular weight is 254 g/mol.